The van der Waals surface area contributed by atoms with Gasteiger partial charge in [0.05, 0.1) is 18.4 Å². The lowest BCUT2D eigenvalue weighted by molar-refractivity contribution is -0.139. The molecule has 8 nitrogen and oxygen atoms in total. The first-order valence-electron chi connectivity index (χ1n) is 6.95. The van der Waals surface area contributed by atoms with Crippen molar-refractivity contribution in [2.75, 3.05) is 13.1 Å². The number of likely N-dealkylation sites (tertiary alicyclic amines) is 1. The number of fused-ring (bicyclic) bond motifs is 2. The standard InChI is InChI=1S/C13H18N4O4/c1-16-5-8(4-14-16)11(12(18)19)15-13(20)17-6-9-2-3-10(7-17)21-9/h4-5,9-11H,2-3,6-7H2,1H3,(H,15,20)(H,18,19). The van der Waals surface area contributed by atoms with Crippen LogP contribution in [0.1, 0.15) is 24.4 Å². The molecule has 3 unspecified atom stereocenters. The maximum Gasteiger partial charge on any atom is 0.331 e. The summed E-state index contributed by atoms with van der Waals surface area (Å²) in [7, 11) is 1.70. The molecule has 2 N–H and O–H groups in total. The number of aliphatic carboxylic acids is 1. The molecule has 0 aliphatic carbocycles. The van der Waals surface area contributed by atoms with Crippen LogP contribution in [-0.4, -0.2) is 57.1 Å². The number of aromatic nitrogens is 2. The minimum Gasteiger partial charge on any atom is -0.479 e. The zero-order valence-electron chi connectivity index (χ0n) is 11.7. The fraction of sp³-hybridized carbons (Fsp3) is 0.615. The first-order valence-corrected chi connectivity index (χ1v) is 6.95. The van der Waals surface area contributed by atoms with Gasteiger partial charge in [-0.15, -0.1) is 0 Å². The first-order chi connectivity index (χ1) is 10.0. The molecule has 21 heavy (non-hydrogen) atoms. The number of carbonyl (C=O) groups excluding carboxylic acids is 1. The monoisotopic (exact) mass is 294 g/mol. The number of hydrogen-bond acceptors (Lipinski definition) is 4. The number of urea groups is 1. The van der Waals surface area contributed by atoms with Gasteiger partial charge in [-0.2, -0.15) is 5.10 Å². The Morgan fingerprint density at radius 3 is 2.62 bits per heavy atom. The van der Waals surface area contributed by atoms with Crippen molar-refractivity contribution >= 4 is 12.0 Å². The number of carboxylic acid groups (broad SMARTS) is 1. The van der Waals surface area contributed by atoms with Crippen molar-refractivity contribution in [2.24, 2.45) is 7.05 Å². The molecular formula is C13H18N4O4. The van der Waals surface area contributed by atoms with Crippen LogP contribution in [0.2, 0.25) is 0 Å². The number of nitrogens with one attached hydrogen (secondary N) is 1. The van der Waals surface area contributed by atoms with Gasteiger partial charge in [-0.3, -0.25) is 4.68 Å². The summed E-state index contributed by atoms with van der Waals surface area (Å²) in [6.07, 6.45) is 5.11. The van der Waals surface area contributed by atoms with Crippen LogP contribution >= 0.6 is 0 Å². The van der Waals surface area contributed by atoms with E-state index in [1.54, 1.807) is 18.1 Å². The summed E-state index contributed by atoms with van der Waals surface area (Å²) < 4.78 is 7.17. The molecule has 2 saturated heterocycles. The van der Waals surface area contributed by atoms with E-state index in [0.29, 0.717) is 18.7 Å². The highest BCUT2D eigenvalue weighted by Crippen LogP contribution is 2.26. The van der Waals surface area contributed by atoms with Gasteiger partial charge in [-0.1, -0.05) is 0 Å². The van der Waals surface area contributed by atoms with E-state index in [0.717, 1.165) is 12.8 Å². The summed E-state index contributed by atoms with van der Waals surface area (Å²) in [6, 6.07) is -1.46. The lowest BCUT2D eigenvalue weighted by Gasteiger charge is -2.32. The fourth-order valence-corrected chi connectivity index (χ4v) is 2.87. The minimum absolute atomic E-state index is 0.0798. The second kappa shape index (κ2) is 5.36. The van der Waals surface area contributed by atoms with Crippen LogP contribution in [0.3, 0.4) is 0 Å². The normalized spacial score (nSPS) is 25.7. The van der Waals surface area contributed by atoms with Gasteiger partial charge in [0.1, 0.15) is 0 Å². The van der Waals surface area contributed by atoms with Crippen LogP contribution in [0.4, 0.5) is 4.79 Å². The molecule has 2 bridgehead atoms. The molecule has 2 aliphatic rings. The van der Waals surface area contributed by atoms with Crippen molar-refractivity contribution in [1.82, 2.24) is 20.0 Å². The van der Waals surface area contributed by atoms with Crippen molar-refractivity contribution in [3.63, 3.8) is 0 Å². The highest BCUT2D eigenvalue weighted by Gasteiger charge is 2.37. The molecule has 0 saturated carbocycles. The van der Waals surface area contributed by atoms with Gasteiger partial charge in [0.2, 0.25) is 0 Å². The van der Waals surface area contributed by atoms with Crippen LogP contribution in [0, 0.1) is 0 Å². The fourth-order valence-electron chi connectivity index (χ4n) is 2.87. The van der Waals surface area contributed by atoms with Crippen LogP contribution in [0.5, 0.6) is 0 Å². The van der Waals surface area contributed by atoms with Gasteiger partial charge in [-0.05, 0) is 12.8 Å². The van der Waals surface area contributed by atoms with Gasteiger partial charge >= 0.3 is 12.0 Å². The Labute approximate surface area is 121 Å². The van der Waals surface area contributed by atoms with Crippen molar-refractivity contribution in [2.45, 2.75) is 31.1 Å². The third-order valence-electron chi connectivity index (χ3n) is 3.90. The Bertz CT molecular complexity index is 546. The highest BCUT2D eigenvalue weighted by molar-refractivity contribution is 5.83. The molecule has 2 fully saturated rings. The largest absolute Gasteiger partial charge is 0.479 e. The number of nitrogens with zero attached hydrogens (tertiary/aromatic N) is 3. The maximum atomic E-state index is 12.3. The third kappa shape index (κ3) is 2.85. The predicted molar refractivity (Wildman–Crippen MR) is 71.6 cm³/mol. The molecule has 8 heteroatoms. The second-order valence-electron chi connectivity index (χ2n) is 5.53. The molecule has 114 valence electrons. The molecule has 0 radical (unpaired) electrons. The van der Waals surface area contributed by atoms with Gasteiger partial charge in [0.15, 0.2) is 6.04 Å². The lowest BCUT2D eigenvalue weighted by atomic mass is 10.1. The summed E-state index contributed by atoms with van der Waals surface area (Å²) in [5, 5.41) is 15.8. The summed E-state index contributed by atoms with van der Waals surface area (Å²) >= 11 is 0. The van der Waals surface area contributed by atoms with Gasteiger partial charge < -0.3 is 20.1 Å². The van der Waals surface area contributed by atoms with Gasteiger partial charge in [0, 0.05) is 31.9 Å². The van der Waals surface area contributed by atoms with E-state index in [9.17, 15) is 14.7 Å². The Kier molecular flexibility index (Phi) is 3.54. The lowest BCUT2D eigenvalue weighted by Crippen LogP contribution is -2.51. The van der Waals surface area contributed by atoms with Crippen molar-refractivity contribution < 1.29 is 19.4 Å². The molecule has 1 aromatic heterocycles. The Morgan fingerprint density at radius 1 is 1.43 bits per heavy atom. The molecule has 0 spiro atoms. The summed E-state index contributed by atoms with van der Waals surface area (Å²) in [5.74, 6) is -1.10. The zero-order valence-corrected chi connectivity index (χ0v) is 11.7. The molecule has 1 aromatic rings. The quantitative estimate of drug-likeness (QED) is 0.825. The molecule has 0 aromatic carbocycles. The van der Waals surface area contributed by atoms with E-state index < -0.39 is 12.0 Å². The van der Waals surface area contributed by atoms with E-state index in [-0.39, 0.29) is 18.2 Å². The Morgan fingerprint density at radius 2 is 2.10 bits per heavy atom. The van der Waals surface area contributed by atoms with E-state index in [1.807, 2.05) is 0 Å². The number of carboxylic acids is 1. The van der Waals surface area contributed by atoms with E-state index in [4.69, 9.17) is 4.74 Å². The smallest absolute Gasteiger partial charge is 0.331 e. The topological polar surface area (TPSA) is 96.7 Å². The number of morpholine rings is 1. The Balaban J connectivity index is 1.68. The Hall–Kier alpha value is -2.09. The minimum atomic E-state index is -1.10. The number of aryl methyl sites for hydroxylation is 1. The van der Waals surface area contributed by atoms with Gasteiger partial charge in [-0.25, -0.2) is 9.59 Å². The van der Waals surface area contributed by atoms with E-state index in [2.05, 4.69) is 10.4 Å². The first kappa shape index (κ1) is 13.9. The second-order valence-corrected chi connectivity index (χ2v) is 5.53. The number of hydrogen-bond donors (Lipinski definition) is 2. The van der Waals surface area contributed by atoms with Crippen LogP contribution in [0.15, 0.2) is 12.4 Å². The van der Waals surface area contributed by atoms with Crippen LogP contribution in [-0.2, 0) is 16.6 Å². The number of rotatable bonds is 3. The summed E-state index contributed by atoms with van der Waals surface area (Å²) in [5.41, 5.74) is 0.453. The maximum absolute atomic E-state index is 12.3. The molecule has 3 rings (SSSR count). The average molecular weight is 294 g/mol. The molecular weight excluding hydrogens is 276 g/mol. The predicted octanol–water partition coefficient (Wildman–Crippen LogP) is 0.119. The number of carbonyl (C=O) groups is 2. The molecule has 2 amide bonds. The number of amides is 2. The van der Waals surface area contributed by atoms with Gasteiger partial charge in [0.25, 0.3) is 0 Å². The number of ether oxygens (including phenoxy) is 1. The van der Waals surface area contributed by atoms with Crippen molar-refractivity contribution in [3.8, 4) is 0 Å². The summed E-state index contributed by atoms with van der Waals surface area (Å²) in [4.78, 5) is 25.3. The van der Waals surface area contributed by atoms with Crippen molar-refractivity contribution in [1.29, 1.82) is 0 Å². The van der Waals surface area contributed by atoms with Crippen molar-refractivity contribution in [3.05, 3.63) is 18.0 Å². The third-order valence-corrected chi connectivity index (χ3v) is 3.90. The van der Waals surface area contributed by atoms with Crippen LogP contribution < -0.4 is 5.32 Å². The molecule has 2 aliphatic heterocycles. The average Bonchev–Trinajstić information content (AvgIpc) is 3.01. The van der Waals surface area contributed by atoms with Crippen LogP contribution in [0.25, 0.3) is 0 Å². The summed E-state index contributed by atoms with van der Waals surface area (Å²) in [6.45, 7) is 1.03. The van der Waals surface area contributed by atoms with E-state index in [1.165, 1.54) is 10.9 Å². The van der Waals surface area contributed by atoms with E-state index >= 15 is 0 Å². The molecule has 3 atom stereocenters. The SMILES string of the molecule is Cn1cc(C(NC(=O)N2CC3CCC(C2)O3)C(=O)O)cn1. The molecule has 3 heterocycles. The zero-order chi connectivity index (χ0) is 15.0. The highest BCUT2D eigenvalue weighted by atomic mass is 16.5.